The fourth-order valence-corrected chi connectivity index (χ4v) is 17.1. The number of anilines is 14. The summed E-state index contributed by atoms with van der Waals surface area (Å²) < 4.78 is 80.8. The molecule has 3 aliphatic rings. The normalized spacial score (nSPS) is 14.6. The van der Waals surface area contributed by atoms with Gasteiger partial charge in [0.2, 0.25) is 17.8 Å². The van der Waals surface area contributed by atoms with E-state index in [2.05, 4.69) is 123 Å². The third kappa shape index (κ3) is 21.2. The van der Waals surface area contributed by atoms with Gasteiger partial charge in [-0.25, -0.2) is 23.4 Å². The molecule has 0 radical (unpaired) electrons. The minimum atomic E-state index is -3.50. The van der Waals surface area contributed by atoms with Gasteiger partial charge in [0.1, 0.15) is 54.5 Å². The molecule has 564 valence electrons. The maximum Gasteiger partial charge on any atom is 0.229 e. The van der Waals surface area contributed by atoms with Crippen molar-refractivity contribution in [1.29, 1.82) is 0 Å². The van der Waals surface area contributed by atoms with Crippen molar-refractivity contribution in [2.75, 3.05) is 169 Å². The molecule has 24 nitrogen and oxygen atoms in total. The van der Waals surface area contributed by atoms with Gasteiger partial charge in [-0.15, -0.1) is 0 Å². The molecule has 31 heteroatoms. The number of rotatable bonds is 24. The maximum atomic E-state index is 12.8. The van der Waals surface area contributed by atoms with E-state index in [-0.39, 0.29) is 10.8 Å². The second-order valence-corrected chi connectivity index (χ2v) is 41.2. The second-order valence-electron chi connectivity index (χ2n) is 27.5. The average Bonchev–Trinajstić information content (AvgIpc) is 0.823. The summed E-state index contributed by atoms with van der Waals surface area (Å²) in [6.45, 7) is 23.7. The Kier molecular flexibility index (Phi) is 27.2. The van der Waals surface area contributed by atoms with Crippen molar-refractivity contribution in [2.45, 2.75) is 49.7 Å². The van der Waals surface area contributed by atoms with Crippen molar-refractivity contribution in [1.82, 2.24) is 39.7 Å². The van der Waals surface area contributed by atoms with Crippen LogP contribution in [0.5, 0.6) is 17.2 Å². The monoisotopic (exact) mass is 1620 g/mol. The molecule has 106 heavy (non-hydrogen) atoms. The molecule has 6 N–H and O–H groups in total. The van der Waals surface area contributed by atoms with Crippen molar-refractivity contribution in [3.8, 4) is 17.2 Å². The minimum absolute atomic E-state index is 0.195. The molecular formula is C75H94BrCl2N16O8P3S. The number of methoxy groups -OCH3 is 3. The van der Waals surface area contributed by atoms with Gasteiger partial charge in [0.25, 0.3) is 0 Å². The zero-order valence-electron chi connectivity index (χ0n) is 61.8. The molecule has 0 atom stereocenters. The lowest BCUT2D eigenvalue weighted by molar-refractivity contribution is 0.142. The highest BCUT2D eigenvalue weighted by Crippen LogP contribution is 2.43. The summed E-state index contributed by atoms with van der Waals surface area (Å²) in [5.41, 5.74) is 6.25. The number of likely N-dealkylation sites (tertiary alicyclic amines) is 1. The second kappa shape index (κ2) is 35.8. The highest BCUT2D eigenvalue weighted by Gasteiger charge is 2.28. The first-order valence-corrected chi connectivity index (χ1v) is 45.7. The lowest BCUT2D eigenvalue weighted by Gasteiger charge is -2.39. The van der Waals surface area contributed by atoms with E-state index in [1.165, 1.54) is 52.2 Å². The lowest BCUT2D eigenvalue weighted by atomic mass is 9.94. The average molecular weight is 1620 g/mol. The van der Waals surface area contributed by atoms with Gasteiger partial charge in [-0.2, -0.15) is 15.0 Å². The SMILES string of the molecule is COc1cc(N2CCC(CN3CCC3)CC2)ccc1Nc1ncc(Cl)c(Nc2ccccc2P(C)(C)=O)n1.COc1cc(N2CCCN(C)CC2)ccc1Nc1ncc(Cl)c(Nc2ccccc2P(C)(C)=O)n1.COc1cc(P(C)(C)=O)ccc1Nc1ncc(Br)c(Nc2ccccc2S(=O)(=O)C(C)C)n1. The number of nitrogens with one attached hydrogen (secondary N) is 6. The Hall–Kier alpha value is -8.02. The number of piperidine rings is 1. The third-order valence-corrected chi connectivity index (χ3v) is 26.2. The number of hydrogen-bond donors (Lipinski definition) is 6. The van der Waals surface area contributed by atoms with Crippen LogP contribution in [0.25, 0.3) is 0 Å². The molecule has 0 amide bonds. The lowest BCUT2D eigenvalue weighted by Crippen LogP contribution is -2.43. The quantitative estimate of drug-likeness (QED) is 0.0307. The van der Waals surface area contributed by atoms with Gasteiger partial charge in [0.05, 0.1) is 82.5 Å². The highest BCUT2D eigenvalue weighted by atomic mass is 79.9. The van der Waals surface area contributed by atoms with E-state index in [4.69, 9.17) is 37.4 Å². The molecule has 0 unspecified atom stereocenters. The van der Waals surface area contributed by atoms with E-state index in [1.54, 1.807) is 123 Å². The van der Waals surface area contributed by atoms with E-state index in [0.717, 1.165) is 90.7 Å². The number of benzene rings is 6. The van der Waals surface area contributed by atoms with E-state index < -0.39 is 36.5 Å². The molecule has 3 fully saturated rings. The Labute approximate surface area is 641 Å². The van der Waals surface area contributed by atoms with Gasteiger partial charge in [0.15, 0.2) is 21.5 Å². The maximum absolute atomic E-state index is 12.8. The standard InChI is InChI=1S/C28H36ClN6O2P.C25H32ClN6O2P.C22H26BrN4O4PS/c1-37-25-17-21(35-15-11-20(12-16-35)19-34-13-6-14-34)9-10-23(25)32-28-30-18-22(29)27(33-28)31-24-7-4-5-8-26(24)38(2,3)36;1-31-12-7-13-32(15-14-31)18-10-11-20(22(16-18)34-2)29-25-27-17-19(26)24(30-25)28-21-8-5-6-9-23(21)35(3,4)33;1-14(2)33(29,30)20-9-7-6-8-18(20)25-21-16(23)13-24-22(27-21)26-17-11-10-15(32(4,5)28)12-19(17)31-3/h4-5,7-10,17-18,20H,6,11-16,19H2,1-3H3,(H2,30,31,32,33);5-6,8-11,16-17H,7,12-15H2,1-4H3,(H2,27,28,29,30);6-14H,1-5H3,(H2,24,25,26,27). The smallest absolute Gasteiger partial charge is 0.229 e. The van der Waals surface area contributed by atoms with Crippen LogP contribution in [0.15, 0.2) is 155 Å². The Morgan fingerprint density at radius 1 is 0.500 bits per heavy atom. The van der Waals surface area contributed by atoms with Crippen LogP contribution in [-0.4, -0.2) is 181 Å². The molecule has 0 bridgehead atoms. The fourth-order valence-electron chi connectivity index (χ4n) is 12.1. The predicted octanol–water partition coefficient (Wildman–Crippen LogP) is 16.0. The molecule has 0 saturated carbocycles. The predicted molar refractivity (Wildman–Crippen MR) is 442 cm³/mol. The molecule has 12 rings (SSSR count). The van der Waals surface area contributed by atoms with E-state index in [0.29, 0.717) is 83.4 Å². The molecule has 6 aromatic carbocycles. The summed E-state index contributed by atoms with van der Waals surface area (Å²) in [4.78, 5) is 36.6. The van der Waals surface area contributed by atoms with Crippen LogP contribution >= 0.6 is 60.6 Å². The molecule has 9 aromatic rings. The van der Waals surface area contributed by atoms with Gasteiger partial charge < -0.3 is 79.4 Å². The van der Waals surface area contributed by atoms with Crippen molar-refractivity contribution in [3.05, 3.63) is 161 Å². The zero-order chi connectivity index (χ0) is 76.1. The van der Waals surface area contributed by atoms with Gasteiger partial charge in [0, 0.05) is 84.9 Å². The van der Waals surface area contributed by atoms with Crippen LogP contribution < -0.4 is 71.8 Å². The Morgan fingerprint density at radius 2 is 0.934 bits per heavy atom. The van der Waals surface area contributed by atoms with E-state index in [9.17, 15) is 22.1 Å². The zero-order valence-corrected chi connectivity index (χ0v) is 68.4. The Bertz CT molecular complexity index is 4830. The molecule has 0 spiro atoms. The Morgan fingerprint density at radius 3 is 1.41 bits per heavy atom. The molecule has 3 aromatic heterocycles. The first-order chi connectivity index (χ1) is 50.5. The number of nitrogens with zero attached hydrogens (tertiary/aromatic N) is 10. The topological polar surface area (TPSA) is 276 Å². The number of ether oxygens (including phenoxy) is 3. The molecule has 0 aliphatic carbocycles. The van der Waals surface area contributed by atoms with Gasteiger partial charge in [-0.3, -0.25) is 0 Å². The van der Waals surface area contributed by atoms with Crippen molar-refractivity contribution >= 4 is 167 Å². The van der Waals surface area contributed by atoms with Crippen molar-refractivity contribution < 1.29 is 36.3 Å². The third-order valence-electron chi connectivity index (χ3n) is 18.2. The number of hydrogen-bond acceptors (Lipinski definition) is 24. The summed E-state index contributed by atoms with van der Waals surface area (Å²) in [5, 5.41) is 21.5. The van der Waals surface area contributed by atoms with Crippen LogP contribution in [0.1, 0.15) is 39.5 Å². The fraction of sp³-hybridized carbons (Fsp3) is 0.360. The van der Waals surface area contributed by atoms with Gasteiger partial charge in [-0.1, -0.05) is 59.6 Å². The number of likely N-dealkylation sites (N-methyl/N-ethyl adjacent to an activating group) is 1. The van der Waals surface area contributed by atoms with E-state index in [1.807, 2.05) is 66.7 Å². The molecule has 3 saturated heterocycles. The molecule has 6 heterocycles. The number of aromatic nitrogens is 6. The molecule has 3 aliphatic heterocycles. The van der Waals surface area contributed by atoms with Crippen LogP contribution in [0.3, 0.4) is 0 Å². The van der Waals surface area contributed by atoms with Crippen LogP contribution in [0, 0.1) is 5.92 Å². The summed E-state index contributed by atoms with van der Waals surface area (Å²) in [6.07, 6.45) is 9.57. The number of halogens is 3. The Balaban J connectivity index is 0.000000171. The first-order valence-electron chi connectivity index (χ1n) is 34.8. The first kappa shape index (κ1) is 80.5. The van der Waals surface area contributed by atoms with Crippen molar-refractivity contribution in [3.63, 3.8) is 0 Å². The molecular weight excluding hydrogens is 1530 g/mol. The van der Waals surface area contributed by atoms with Gasteiger partial charge >= 0.3 is 0 Å². The summed E-state index contributed by atoms with van der Waals surface area (Å²) in [7, 11) is -3.92. The van der Waals surface area contributed by atoms with Crippen molar-refractivity contribution in [2.24, 2.45) is 5.92 Å². The van der Waals surface area contributed by atoms with Crippen LogP contribution in [0.2, 0.25) is 10.0 Å². The highest BCUT2D eigenvalue weighted by molar-refractivity contribution is 9.10. The number of sulfone groups is 1. The van der Waals surface area contributed by atoms with Gasteiger partial charge in [-0.05, 0) is 207 Å². The summed E-state index contributed by atoms with van der Waals surface area (Å²) in [5.74, 6) is 5.00. The summed E-state index contributed by atoms with van der Waals surface area (Å²) in [6, 6.07) is 39.2. The largest absolute Gasteiger partial charge is 0.495 e. The minimum Gasteiger partial charge on any atom is -0.495 e. The van der Waals surface area contributed by atoms with Crippen LogP contribution in [-0.2, 0) is 23.5 Å². The summed E-state index contributed by atoms with van der Waals surface area (Å²) >= 11 is 16.2. The number of para-hydroxylation sites is 3. The van der Waals surface area contributed by atoms with Crippen LogP contribution in [0.4, 0.5) is 80.8 Å². The van der Waals surface area contributed by atoms with E-state index >= 15 is 0 Å².